The molecule has 4 heterocycles. The highest BCUT2D eigenvalue weighted by Crippen LogP contribution is 2.61. The molecular weight excluding hydrogens is 712 g/mol. The summed E-state index contributed by atoms with van der Waals surface area (Å²) in [6.45, 7) is 0.112. The molecule has 4 aliphatic heterocycles. The van der Waals surface area contributed by atoms with Gasteiger partial charge in [0.1, 0.15) is 47.8 Å². The van der Waals surface area contributed by atoms with E-state index in [1.54, 1.807) is 38.5 Å². The number of ether oxygens (including phenoxy) is 6. The first kappa shape index (κ1) is 36.9. The Morgan fingerprint density at radius 2 is 1.71 bits per heavy atom. The van der Waals surface area contributed by atoms with Crippen molar-refractivity contribution in [2.45, 2.75) is 67.7 Å². The lowest BCUT2D eigenvalue weighted by Gasteiger charge is -2.46. The number of phenols is 1. The van der Waals surface area contributed by atoms with Crippen LogP contribution < -0.4 is 34.3 Å². The fourth-order valence-corrected chi connectivity index (χ4v) is 8.65. The number of aliphatic hydroxyl groups excluding tert-OH is 3. The van der Waals surface area contributed by atoms with Crippen LogP contribution in [-0.4, -0.2) is 103 Å². The van der Waals surface area contributed by atoms with E-state index < -0.39 is 54.9 Å². The van der Waals surface area contributed by atoms with Crippen molar-refractivity contribution < 1.29 is 58.7 Å². The van der Waals surface area contributed by atoms with Crippen LogP contribution in [0.15, 0.2) is 60.7 Å². The van der Waals surface area contributed by atoms with E-state index in [9.17, 15) is 30.3 Å². The largest absolute Gasteiger partial charge is 0.508 e. The fourth-order valence-electron chi connectivity index (χ4n) is 8.65. The van der Waals surface area contributed by atoms with E-state index in [2.05, 4.69) is 28.8 Å². The monoisotopic (exact) mass is 756 g/mol. The van der Waals surface area contributed by atoms with Crippen LogP contribution in [0.2, 0.25) is 0 Å². The van der Waals surface area contributed by atoms with Gasteiger partial charge in [-0.3, -0.25) is 0 Å². The highest BCUT2D eigenvalue weighted by molar-refractivity contribution is 5.80. The zero-order valence-electron chi connectivity index (χ0n) is 30.7. The number of fused-ring (bicyclic) bond motifs is 1. The number of hydrogen-bond acceptors (Lipinski definition) is 13. The van der Waals surface area contributed by atoms with Crippen molar-refractivity contribution in [3.05, 3.63) is 94.0 Å². The Labute approximate surface area is 317 Å². The predicted octanol–water partition coefficient (Wildman–Crippen LogP) is 2.78. The smallest absolute Gasteiger partial charge is 0.340 e. The Kier molecular flexibility index (Phi) is 9.52. The average molecular weight is 757 g/mol. The quantitative estimate of drug-likeness (QED) is 0.132. The number of phenolic OH excluding ortho intramolecular Hbond substituents is 1. The molecule has 8 unspecified atom stereocenters. The second-order valence-electron chi connectivity index (χ2n) is 14.4. The van der Waals surface area contributed by atoms with Crippen LogP contribution >= 0.6 is 0 Å². The van der Waals surface area contributed by atoms with Gasteiger partial charge in [-0.1, -0.05) is 30.3 Å². The number of likely N-dealkylation sites (N-methyl/N-ethyl adjacent to an activating group) is 1. The van der Waals surface area contributed by atoms with Crippen LogP contribution in [0.1, 0.15) is 45.4 Å². The van der Waals surface area contributed by atoms with Crippen LogP contribution in [0.5, 0.6) is 34.5 Å². The molecule has 7 N–H and O–H groups in total. The van der Waals surface area contributed by atoms with Crippen molar-refractivity contribution in [3.63, 3.8) is 0 Å². The molecular formula is C41H44N2O12. The molecule has 14 nitrogen and oxygen atoms in total. The summed E-state index contributed by atoms with van der Waals surface area (Å²) in [6, 6.07) is 18.7. The molecule has 0 saturated carbocycles. The lowest BCUT2D eigenvalue weighted by atomic mass is 9.77. The highest BCUT2D eigenvalue weighted by Gasteiger charge is 2.59. The summed E-state index contributed by atoms with van der Waals surface area (Å²) in [5, 5.41) is 59.9. The van der Waals surface area contributed by atoms with Gasteiger partial charge in [0.25, 0.3) is 0 Å². The van der Waals surface area contributed by atoms with Crippen molar-refractivity contribution in [3.8, 4) is 45.6 Å². The Hall–Kier alpha value is -5.09. The zero-order chi connectivity index (χ0) is 38.8. The summed E-state index contributed by atoms with van der Waals surface area (Å²) in [5.74, 6) is 0.135. The van der Waals surface area contributed by atoms with Gasteiger partial charge in [0.05, 0.1) is 20.1 Å². The van der Waals surface area contributed by atoms with E-state index in [4.69, 9.17) is 28.4 Å². The van der Waals surface area contributed by atoms with Gasteiger partial charge in [-0.2, -0.15) is 0 Å². The van der Waals surface area contributed by atoms with Crippen molar-refractivity contribution >= 4 is 5.97 Å². The Morgan fingerprint density at radius 1 is 0.909 bits per heavy atom. The minimum atomic E-state index is -2.35. The van der Waals surface area contributed by atoms with Gasteiger partial charge >= 0.3 is 5.97 Å². The molecule has 0 spiro atoms. The van der Waals surface area contributed by atoms with Crippen molar-refractivity contribution in [1.82, 2.24) is 10.6 Å². The third-order valence-electron chi connectivity index (χ3n) is 11.1. The molecule has 4 aromatic carbocycles. The predicted molar refractivity (Wildman–Crippen MR) is 197 cm³/mol. The van der Waals surface area contributed by atoms with E-state index >= 15 is 0 Å². The summed E-state index contributed by atoms with van der Waals surface area (Å²) >= 11 is 0. The van der Waals surface area contributed by atoms with Gasteiger partial charge in [0.15, 0.2) is 11.5 Å². The van der Waals surface area contributed by atoms with E-state index in [-0.39, 0.29) is 17.4 Å². The summed E-state index contributed by atoms with van der Waals surface area (Å²) in [5.41, 5.74) is 4.42. The molecule has 290 valence electrons. The Morgan fingerprint density at radius 3 is 2.44 bits per heavy atom. The number of hydrogen-bond donors (Lipinski definition) is 7. The molecule has 5 aliphatic rings. The second-order valence-corrected chi connectivity index (χ2v) is 14.4. The minimum absolute atomic E-state index is 0.0191. The number of benzene rings is 4. The minimum Gasteiger partial charge on any atom is -0.508 e. The first-order valence-corrected chi connectivity index (χ1v) is 18.1. The molecule has 1 fully saturated rings. The summed E-state index contributed by atoms with van der Waals surface area (Å²) in [4.78, 5) is 12.5. The number of carboxylic acids is 1. The van der Waals surface area contributed by atoms with Crippen LogP contribution in [0.3, 0.4) is 0 Å². The van der Waals surface area contributed by atoms with Gasteiger partial charge in [-0.25, -0.2) is 4.79 Å². The lowest BCUT2D eigenvalue weighted by Crippen LogP contribution is -2.71. The van der Waals surface area contributed by atoms with E-state index in [1.165, 1.54) is 7.05 Å². The first-order valence-electron chi connectivity index (χ1n) is 18.1. The zero-order valence-corrected chi connectivity index (χ0v) is 30.7. The number of aromatic hydroxyl groups is 1. The SMILES string of the molecule is CNCc1cc(OC)c(OC)c2c1C1C3Cc4cccc(c4)Cc4ccc(O)cc4-c4cc(OC5OC(CNC)(C(=O)O)C(O)C(O)C5O)cc(c4C1O2)O3. The average Bonchev–Trinajstić information content (AvgIpc) is 3.57. The fraction of sp³-hybridized carbons (Fsp3) is 0.390. The van der Waals surface area contributed by atoms with Gasteiger partial charge in [0, 0.05) is 36.7 Å². The number of methoxy groups -OCH3 is 2. The molecule has 1 saturated heterocycles. The number of nitrogens with one attached hydrogen (secondary N) is 2. The van der Waals surface area contributed by atoms with Crippen LogP contribution in [0.25, 0.3) is 11.1 Å². The highest BCUT2D eigenvalue weighted by atomic mass is 16.7. The maximum absolute atomic E-state index is 12.5. The molecule has 55 heavy (non-hydrogen) atoms. The summed E-state index contributed by atoms with van der Waals surface area (Å²) in [7, 11) is 6.49. The van der Waals surface area contributed by atoms with E-state index in [0.29, 0.717) is 59.1 Å². The molecule has 6 bridgehead atoms. The van der Waals surface area contributed by atoms with Crippen LogP contribution in [0.4, 0.5) is 0 Å². The number of aliphatic hydroxyl groups is 3. The third kappa shape index (κ3) is 6.00. The molecule has 0 aromatic heterocycles. The molecule has 8 atom stereocenters. The standard InChI is InChI=1S/C41H44N2O12/c1-42-17-22-13-29(50-3)35(51-4)37-30(22)32-27-12-20-7-5-6-19(10-20)11-21-8-9-23(44)14-25(21)26-15-24(16-28(53-27)31(26)36(32)54-37)52-39-34(46)33(45)38(47)41(55-39,18-43-2)40(48)49/h5-10,13-16,27,32-34,36,38-39,42-47H,11-12,17-18H2,1-4H3,(H,48,49). The van der Waals surface area contributed by atoms with Gasteiger partial charge in [-0.15, -0.1) is 0 Å². The normalized spacial score (nSPS) is 27.3. The molecule has 0 amide bonds. The Balaban J connectivity index is 1.35. The van der Waals surface area contributed by atoms with Gasteiger partial charge in [0.2, 0.25) is 17.6 Å². The second kappa shape index (κ2) is 14.2. The molecule has 0 radical (unpaired) electrons. The van der Waals surface area contributed by atoms with Gasteiger partial charge < -0.3 is 64.6 Å². The molecule has 4 aromatic rings. The summed E-state index contributed by atoms with van der Waals surface area (Å²) < 4.78 is 37.8. The Bertz CT molecular complexity index is 2140. The number of rotatable bonds is 9. The summed E-state index contributed by atoms with van der Waals surface area (Å²) in [6.07, 6.45) is -7.51. The van der Waals surface area contributed by atoms with E-state index in [1.807, 2.05) is 25.2 Å². The molecule has 9 rings (SSSR count). The first-order chi connectivity index (χ1) is 26.5. The van der Waals surface area contributed by atoms with E-state index in [0.717, 1.165) is 27.8 Å². The molecule has 1 aliphatic carbocycles. The van der Waals surface area contributed by atoms with Crippen LogP contribution in [-0.2, 0) is 28.9 Å². The number of aliphatic carboxylic acids is 1. The third-order valence-corrected chi connectivity index (χ3v) is 11.1. The van der Waals surface area contributed by atoms with Crippen LogP contribution in [0, 0.1) is 0 Å². The maximum Gasteiger partial charge on any atom is 0.340 e. The van der Waals surface area contributed by atoms with Gasteiger partial charge in [-0.05, 0) is 78.2 Å². The maximum atomic E-state index is 12.5. The number of carbonyl (C=O) groups is 1. The van der Waals surface area contributed by atoms with Crippen molar-refractivity contribution in [2.75, 3.05) is 34.9 Å². The topological polar surface area (TPSA) is 198 Å². The molecule has 14 heteroatoms. The van der Waals surface area contributed by atoms with Crippen molar-refractivity contribution in [1.29, 1.82) is 0 Å². The number of carboxylic acid groups (broad SMARTS) is 1. The lowest BCUT2D eigenvalue weighted by molar-refractivity contribution is -0.305. The van der Waals surface area contributed by atoms with Crippen molar-refractivity contribution in [2.24, 2.45) is 0 Å².